The van der Waals surface area contributed by atoms with E-state index in [1.165, 1.54) is 33.6 Å². The van der Waals surface area contributed by atoms with Crippen LogP contribution in [0.1, 0.15) is 19.8 Å². The number of benzene rings is 1. The first-order valence-electron chi connectivity index (χ1n) is 11.0. The van der Waals surface area contributed by atoms with E-state index in [0.29, 0.717) is 45.8 Å². The Morgan fingerprint density at radius 2 is 1.94 bits per heavy atom. The Kier molecular flexibility index (Phi) is 8.90. The predicted octanol–water partition coefficient (Wildman–Crippen LogP) is 1.98. The monoisotopic (exact) mass is 510 g/mol. The summed E-state index contributed by atoms with van der Waals surface area (Å²) in [7, 11) is -3.74. The van der Waals surface area contributed by atoms with Gasteiger partial charge in [0.2, 0.25) is 10.0 Å². The number of nitrogens with one attached hydrogen (secondary N) is 1. The van der Waals surface area contributed by atoms with Crippen LogP contribution < -0.4 is 5.32 Å². The number of esters is 1. The Balaban J connectivity index is 1.70. The number of rotatable bonds is 7. The molecule has 1 amide bonds. The number of ether oxygens (including phenoxy) is 2. The number of halogens is 1. The number of hydrogen-bond donors (Lipinski definition) is 1. The Morgan fingerprint density at radius 1 is 1.26 bits per heavy atom. The second-order valence-electron chi connectivity index (χ2n) is 7.79. The number of nitriles is 1. The molecule has 2 aliphatic rings. The van der Waals surface area contributed by atoms with Gasteiger partial charge in [0.25, 0.3) is 5.91 Å². The highest BCUT2D eigenvalue weighted by Gasteiger charge is 2.30. The maximum atomic E-state index is 12.9. The zero-order valence-electron chi connectivity index (χ0n) is 18.8. The zero-order valence-corrected chi connectivity index (χ0v) is 20.4. The van der Waals surface area contributed by atoms with Gasteiger partial charge in [-0.25, -0.2) is 8.42 Å². The fraction of sp³-hybridized carbons (Fsp3) is 0.500. The maximum absolute atomic E-state index is 12.9. The number of carbonyl (C=O) groups excluding carboxylic acids is 2. The lowest BCUT2D eigenvalue weighted by Crippen LogP contribution is -2.41. The lowest BCUT2D eigenvalue weighted by Gasteiger charge is -2.30. The van der Waals surface area contributed by atoms with E-state index in [9.17, 15) is 23.3 Å². The van der Waals surface area contributed by atoms with Gasteiger partial charge >= 0.3 is 5.97 Å². The summed E-state index contributed by atoms with van der Waals surface area (Å²) in [5, 5.41) is 12.5. The number of anilines is 1. The molecule has 3 rings (SSSR count). The van der Waals surface area contributed by atoms with E-state index >= 15 is 0 Å². The van der Waals surface area contributed by atoms with Crippen LogP contribution in [0.4, 0.5) is 5.69 Å². The fourth-order valence-corrected chi connectivity index (χ4v) is 5.36. The molecule has 1 aromatic carbocycles. The van der Waals surface area contributed by atoms with Crippen LogP contribution in [-0.2, 0) is 29.1 Å². The standard InChI is InChI=1S/C22H27ClN4O6S/c1-2-33-22(29)16-5-7-26(8-6-16)21(28)17(14-24)15-25-20-13-18(3-4-19(20)23)34(30,31)27-9-11-32-12-10-27/h3-4,13,15-16,25H,2,5-12H2,1H3/b17-15-. The first-order valence-corrected chi connectivity index (χ1v) is 12.8. The lowest BCUT2D eigenvalue weighted by molar-refractivity contribution is -0.150. The third kappa shape index (κ3) is 6.07. The van der Waals surface area contributed by atoms with Crippen LogP contribution in [-0.4, -0.2) is 75.5 Å². The molecule has 2 saturated heterocycles. The van der Waals surface area contributed by atoms with E-state index in [-0.39, 0.29) is 46.2 Å². The molecule has 0 saturated carbocycles. The van der Waals surface area contributed by atoms with Gasteiger partial charge in [-0.15, -0.1) is 0 Å². The van der Waals surface area contributed by atoms with Crippen molar-refractivity contribution < 1.29 is 27.5 Å². The molecule has 2 heterocycles. The third-order valence-corrected chi connectivity index (χ3v) is 7.89. The number of hydrogen-bond acceptors (Lipinski definition) is 8. The summed E-state index contributed by atoms with van der Waals surface area (Å²) in [6.45, 7) is 3.87. The molecule has 2 fully saturated rings. The van der Waals surface area contributed by atoms with Gasteiger partial charge in [0.05, 0.1) is 41.3 Å². The smallest absolute Gasteiger partial charge is 0.309 e. The molecule has 184 valence electrons. The summed E-state index contributed by atoms with van der Waals surface area (Å²) < 4.78 is 37.4. The van der Waals surface area contributed by atoms with Crippen molar-refractivity contribution in [3.8, 4) is 6.07 Å². The molecule has 0 spiro atoms. The van der Waals surface area contributed by atoms with E-state index in [1.54, 1.807) is 6.92 Å². The van der Waals surface area contributed by atoms with Gasteiger partial charge in [0.15, 0.2) is 0 Å². The van der Waals surface area contributed by atoms with Crippen molar-refractivity contribution in [2.24, 2.45) is 5.92 Å². The van der Waals surface area contributed by atoms with E-state index in [0.717, 1.165) is 0 Å². The number of sulfonamides is 1. The number of carbonyl (C=O) groups is 2. The van der Waals surface area contributed by atoms with Gasteiger partial charge in [-0.2, -0.15) is 9.57 Å². The van der Waals surface area contributed by atoms with Crippen molar-refractivity contribution in [1.29, 1.82) is 5.26 Å². The summed E-state index contributed by atoms with van der Waals surface area (Å²) in [6, 6.07) is 6.09. The summed E-state index contributed by atoms with van der Waals surface area (Å²) in [6.07, 6.45) is 2.14. The Hall–Kier alpha value is -2.65. The normalized spacial score (nSPS) is 18.3. The number of likely N-dealkylation sites (tertiary alicyclic amines) is 1. The van der Waals surface area contributed by atoms with Crippen LogP contribution in [0.25, 0.3) is 0 Å². The first kappa shape index (κ1) is 26.0. The van der Waals surface area contributed by atoms with Gasteiger partial charge in [0.1, 0.15) is 11.6 Å². The first-order chi connectivity index (χ1) is 16.3. The summed E-state index contributed by atoms with van der Waals surface area (Å²) in [4.78, 5) is 26.2. The number of nitrogens with zero attached hydrogens (tertiary/aromatic N) is 3. The van der Waals surface area contributed by atoms with Crippen molar-refractivity contribution in [2.45, 2.75) is 24.7 Å². The van der Waals surface area contributed by atoms with E-state index in [4.69, 9.17) is 21.1 Å². The van der Waals surface area contributed by atoms with Gasteiger partial charge in [-0.05, 0) is 38.0 Å². The largest absolute Gasteiger partial charge is 0.466 e. The molecule has 0 radical (unpaired) electrons. The van der Waals surface area contributed by atoms with Crippen molar-refractivity contribution in [1.82, 2.24) is 9.21 Å². The molecule has 12 heteroatoms. The quantitative estimate of drug-likeness (QED) is 0.335. The molecule has 1 N–H and O–H groups in total. The van der Waals surface area contributed by atoms with Gasteiger partial charge in [-0.1, -0.05) is 11.6 Å². The van der Waals surface area contributed by atoms with E-state index in [1.807, 2.05) is 6.07 Å². The maximum Gasteiger partial charge on any atom is 0.309 e. The Labute approximate surface area is 204 Å². The minimum Gasteiger partial charge on any atom is -0.466 e. The molecule has 0 unspecified atom stereocenters. The molecule has 0 bridgehead atoms. The molecule has 0 aliphatic carbocycles. The minimum absolute atomic E-state index is 0.0422. The van der Waals surface area contributed by atoms with Crippen LogP contribution in [0.5, 0.6) is 0 Å². The van der Waals surface area contributed by atoms with Gasteiger partial charge < -0.3 is 19.7 Å². The molecule has 0 atom stereocenters. The van der Waals surface area contributed by atoms with Crippen molar-refractivity contribution in [3.05, 3.63) is 35.0 Å². The minimum atomic E-state index is -3.74. The molecule has 1 aromatic rings. The number of piperidine rings is 1. The van der Waals surface area contributed by atoms with E-state index in [2.05, 4.69) is 5.32 Å². The van der Waals surface area contributed by atoms with Gasteiger partial charge in [0, 0.05) is 32.4 Å². The summed E-state index contributed by atoms with van der Waals surface area (Å²) in [5.74, 6) is -1.01. The van der Waals surface area contributed by atoms with Crippen LogP contribution in [0.15, 0.2) is 34.9 Å². The second-order valence-corrected chi connectivity index (χ2v) is 10.1. The second kappa shape index (κ2) is 11.7. The average molecular weight is 511 g/mol. The molecule has 2 aliphatic heterocycles. The fourth-order valence-electron chi connectivity index (χ4n) is 3.75. The highest BCUT2D eigenvalue weighted by Crippen LogP contribution is 2.28. The van der Waals surface area contributed by atoms with Crippen molar-refractivity contribution >= 4 is 39.2 Å². The van der Waals surface area contributed by atoms with Crippen LogP contribution in [0, 0.1) is 17.2 Å². The molecule has 34 heavy (non-hydrogen) atoms. The van der Waals surface area contributed by atoms with Gasteiger partial charge in [-0.3, -0.25) is 9.59 Å². The SMILES string of the molecule is CCOC(=O)C1CCN(C(=O)/C(C#N)=C\Nc2cc(S(=O)(=O)N3CCOCC3)ccc2Cl)CC1. The van der Waals surface area contributed by atoms with Crippen LogP contribution >= 0.6 is 11.6 Å². The highest BCUT2D eigenvalue weighted by atomic mass is 35.5. The molecular formula is C22H27ClN4O6S. The number of morpholine rings is 1. The third-order valence-electron chi connectivity index (χ3n) is 5.67. The van der Waals surface area contributed by atoms with Crippen LogP contribution in [0.3, 0.4) is 0 Å². The van der Waals surface area contributed by atoms with E-state index < -0.39 is 15.9 Å². The predicted molar refractivity (Wildman–Crippen MR) is 124 cm³/mol. The summed E-state index contributed by atoms with van der Waals surface area (Å²) in [5.41, 5.74) is 0.0876. The molecular weight excluding hydrogens is 484 g/mol. The Morgan fingerprint density at radius 3 is 2.56 bits per heavy atom. The lowest BCUT2D eigenvalue weighted by atomic mass is 9.96. The molecule has 10 nitrogen and oxygen atoms in total. The number of amides is 1. The zero-order chi connectivity index (χ0) is 24.7. The van der Waals surface area contributed by atoms with Crippen LogP contribution in [0.2, 0.25) is 5.02 Å². The summed E-state index contributed by atoms with van der Waals surface area (Å²) >= 11 is 6.22. The molecule has 0 aromatic heterocycles. The Bertz CT molecular complexity index is 1090. The average Bonchev–Trinajstić information content (AvgIpc) is 2.86. The highest BCUT2D eigenvalue weighted by molar-refractivity contribution is 7.89. The van der Waals surface area contributed by atoms with Crippen molar-refractivity contribution in [2.75, 3.05) is 51.3 Å². The van der Waals surface area contributed by atoms with Crippen molar-refractivity contribution in [3.63, 3.8) is 0 Å². The topological polar surface area (TPSA) is 129 Å².